The third-order valence-electron chi connectivity index (χ3n) is 2.82. The van der Waals surface area contributed by atoms with Crippen LogP contribution in [0.3, 0.4) is 0 Å². The summed E-state index contributed by atoms with van der Waals surface area (Å²) in [5, 5.41) is 2.68. The molecule has 6 heteroatoms. The summed E-state index contributed by atoms with van der Waals surface area (Å²) in [6, 6.07) is 10.9. The van der Waals surface area contributed by atoms with Gasteiger partial charge in [0.25, 0.3) is 5.91 Å². The van der Waals surface area contributed by atoms with Gasteiger partial charge in [0.1, 0.15) is 0 Å². The Bertz CT molecular complexity index is 652. The molecule has 0 atom stereocenters. The molecule has 0 saturated heterocycles. The summed E-state index contributed by atoms with van der Waals surface area (Å²) in [5.74, 6) is -0.177. The molecule has 0 aliphatic carbocycles. The molecule has 1 N–H and O–H groups in total. The van der Waals surface area contributed by atoms with Gasteiger partial charge in [-0.2, -0.15) is 0 Å². The molecule has 0 saturated carbocycles. The SMILES string of the molecule is CC(=O)Nc1ccc(C(=O)N(C)Cc2ccc(Br)s2)cc1. The number of thiophene rings is 1. The van der Waals surface area contributed by atoms with E-state index >= 15 is 0 Å². The molecular weight excluding hydrogens is 352 g/mol. The second-order valence-electron chi connectivity index (χ2n) is 4.63. The van der Waals surface area contributed by atoms with Crippen molar-refractivity contribution in [1.82, 2.24) is 4.90 Å². The van der Waals surface area contributed by atoms with Gasteiger partial charge in [-0.3, -0.25) is 9.59 Å². The van der Waals surface area contributed by atoms with E-state index in [1.807, 2.05) is 12.1 Å². The molecule has 4 nitrogen and oxygen atoms in total. The number of halogens is 1. The lowest BCUT2D eigenvalue weighted by Crippen LogP contribution is -2.25. The summed E-state index contributed by atoms with van der Waals surface area (Å²) >= 11 is 5.03. The molecule has 1 aromatic heterocycles. The van der Waals surface area contributed by atoms with Gasteiger partial charge in [0.05, 0.1) is 10.3 Å². The highest BCUT2D eigenvalue weighted by atomic mass is 79.9. The standard InChI is InChI=1S/C15H15BrN2O2S/c1-10(19)17-12-5-3-11(4-6-12)15(20)18(2)9-13-7-8-14(16)21-13/h3-8H,9H2,1-2H3,(H,17,19). The zero-order valence-corrected chi connectivity index (χ0v) is 14.1. The molecule has 0 unspecified atom stereocenters. The monoisotopic (exact) mass is 366 g/mol. The molecule has 2 aromatic rings. The van der Waals surface area contributed by atoms with Crippen molar-refractivity contribution in [2.24, 2.45) is 0 Å². The maximum absolute atomic E-state index is 12.3. The highest BCUT2D eigenvalue weighted by Gasteiger charge is 2.13. The van der Waals surface area contributed by atoms with E-state index in [1.165, 1.54) is 6.92 Å². The zero-order chi connectivity index (χ0) is 15.4. The first-order valence-electron chi connectivity index (χ1n) is 6.33. The summed E-state index contributed by atoms with van der Waals surface area (Å²) in [6.45, 7) is 2.02. The maximum atomic E-state index is 12.3. The quantitative estimate of drug-likeness (QED) is 0.895. The molecule has 2 amide bonds. The lowest BCUT2D eigenvalue weighted by molar-refractivity contribution is -0.114. The number of hydrogen-bond acceptors (Lipinski definition) is 3. The van der Waals surface area contributed by atoms with Crippen molar-refractivity contribution < 1.29 is 9.59 Å². The third-order valence-corrected chi connectivity index (χ3v) is 4.43. The van der Waals surface area contributed by atoms with Gasteiger partial charge < -0.3 is 10.2 Å². The van der Waals surface area contributed by atoms with Gasteiger partial charge in [-0.15, -0.1) is 11.3 Å². The second kappa shape index (κ2) is 6.87. The Morgan fingerprint density at radius 1 is 1.19 bits per heavy atom. The summed E-state index contributed by atoms with van der Waals surface area (Å²) < 4.78 is 1.05. The molecule has 2 rings (SSSR count). The van der Waals surface area contributed by atoms with Crippen molar-refractivity contribution in [3.05, 3.63) is 50.6 Å². The smallest absolute Gasteiger partial charge is 0.253 e. The van der Waals surface area contributed by atoms with Crippen molar-refractivity contribution >= 4 is 44.8 Å². The fourth-order valence-electron chi connectivity index (χ4n) is 1.86. The molecule has 0 radical (unpaired) electrons. The van der Waals surface area contributed by atoms with Crippen molar-refractivity contribution in [3.8, 4) is 0 Å². The molecule has 1 aromatic carbocycles. The average Bonchev–Trinajstić information content (AvgIpc) is 2.83. The second-order valence-corrected chi connectivity index (χ2v) is 7.17. The van der Waals surface area contributed by atoms with Crippen LogP contribution in [0.2, 0.25) is 0 Å². The van der Waals surface area contributed by atoms with Gasteiger partial charge in [0.2, 0.25) is 5.91 Å². The molecule has 110 valence electrons. The number of hydrogen-bond donors (Lipinski definition) is 1. The number of carbonyl (C=O) groups excluding carboxylic acids is 2. The molecule has 0 bridgehead atoms. The van der Waals surface area contributed by atoms with Crippen molar-refractivity contribution in [3.63, 3.8) is 0 Å². The van der Waals surface area contributed by atoms with Gasteiger partial charge >= 0.3 is 0 Å². The van der Waals surface area contributed by atoms with Gasteiger partial charge in [0.15, 0.2) is 0 Å². The Balaban J connectivity index is 2.03. The van der Waals surface area contributed by atoms with Gasteiger partial charge in [-0.25, -0.2) is 0 Å². The van der Waals surface area contributed by atoms with E-state index in [2.05, 4.69) is 21.2 Å². The van der Waals surface area contributed by atoms with Crippen LogP contribution in [0.25, 0.3) is 0 Å². The first kappa shape index (κ1) is 15.7. The first-order chi connectivity index (χ1) is 9.95. The zero-order valence-electron chi connectivity index (χ0n) is 11.7. The van der Waals surface area contributed by atoms with E-state index in [1.54, 1.807) is 47.5 Å². The molecule has 1 heterocycles. The van der Waals surface area contributed by atoms with Crippen LogP contribution < -0.4 is 5.32 Å². The average molecular weight is 367 g/mol. The Morgan fingerprint density at radius 3 is 2.38 bits per heavy atom. The van der Waals surface area contributed by atoms with Crippen molar-refractivity contribution in [1.29, 1.82) is 0 Å². The molecular formula is C15H15BrN2O2S. The highest BCUT2D eigenvalue weighted by Crippen LogP contribution is 2.23. The Morgan fingerprint density at radius 2 is 1.86 bits per heavy atom. The molecule has 0 aliphatic heterocycles. The van der Waals surface area contributed by atoms with Gasteiger partial charge in [-0.05, 0) is 52.3 Å². The van der Waals surface area contributed by atoms with Crippen LogP contribution in [0, 0.1) is 0 Å². The van der Waals surface area contributed by atoms with Crippen LogP contribution in [0.5, 0.6) is 0 Å². The van der Waals surface area contributed by atoms with Crippen LogP contribution in [-0.4, -0.2) is 23.8 Å². The van der Waals surface area contributed by atoms with Crippen LogP contribution in [0.15, 0.2) is 40.2 Å². The molecule has 0 spiro atoms. The van der Waals surface area contributed by atoms with Crippen molar-refractivity contribution in [2.45, 2.75) is 13.5 Å². The van der Waals surface area contributed by atoms with E-state index in [0.717, 1.165) is 8.66 Å². The minimum absolute atomic E-state index is 0.0473. The lowest BCUT2D eigenvalue weighted by Gasteiger charge is -2.16. The highest BCUT2D eigenvalue weighted by molar-refractivity contribution is 9.11. The van der Waals surface area contributed by atoms with E-state index in [0.29, 0.717) is 17.8 Å². The minimum Gasteiger partial charge on any atom is -0.337 e. The minimum atomic E-state index is -0.130. The number of carbonyl (C=O) groups is 2. The van der Waals surface area contributed by atoms with Crippen molar-refractivity contribution in [2.75, 3.05) is 12.4 Å². The predicted octanol–water partition coefficient (Wildman–Crippen LogP) is 3.74. The largest absolute Gasteiger partial charge is 0.337 e. The van der Waals surface area contributed by atoms with Gasteiger partial charge in [0, 0.05) is 30.1 Å². The first-order valence-corrected chi connectivity index (χ1v) is 7.94. The number of nitrogens with zero attached hydrogens (tertiary/aromatic N) is 1. The Hall–Kier alpha value is -1.66. The van der Waals surface area contributed by atoms with Gasteiger partial charge in [-0.1, -0.05) is 0 Å². The number of nitrogens with one attached hydrogen (secondary N) is 1. The maximum Gasteiger partial charge on any atom is 0.253 e. The third kappa shape index (κ3) is 4.41. The summed E-state index contributed by atoms with van der Waals surface area (Å²) in [7, 11) is 1.78. The number of amides is 2. The molecule has 0 aliphatic rings. The number of benzene rings is 1. The number of rotatable bonds is 4. The summed E-state index contributed by atoms with van der Waals surface area (Å²) in [5.41, 5.74) is 1.28. The van der Waals surface area contributed by atoms with Crippen LogP contribution in [-0.2, 0) is 11.3 Å². The normalized spacial score (nSPS) is 10.2. The summed E-state index contributed by atoms with van der Waals surface area (Å²) in [4.78, 5) is 26.1. The van der Waals surface area contributed by atoms with E-state index in [4.69, 9.17) is 0 Å². The van der Waals surface area contributed by atoms with Crippen LogP contribution in [0.1, 0.15) is 22.2 Å². The topological polar surface area (TPSA) is 49.4 Å². The van der Waals surface area contributed by atoms with Crippen LogP contribution in [0.4, 0.5) is 5.69 Å². The number of anilines is 1. The fraction of sp³-hybridized carbons (Fsp3) is 0.200. The van der Waals surface area contributed by atoms with Crippen LogP contribution >= 0.6 is 27.3 Å². The lowest BCUT2D eigenvalue weighted by atomic mass is 10.2. The Kier molecular flexibility index (Phi) is 5.14. The summed E-state index contributed by atoms with van der Waals surface area (Å²) in [6.07, 6.45) is 0. The molecule has 0 fully saturated rings. The predicted molar refractivity (Wildman–Crippen MR) is 88.6 cm³/mol. The Labute approximate surface area is 135 Å². The fourth-order valence-corrected chi connectivity index (χ4v) is 3.40. The van der Waals surface area contributed by atoms with E-state index in [-0.39, 0.29) is 11.8 Å². The molecule has 21 heavy (non-hydrogen) atoms. The van der Waals surface area contributed by atoms with E-state index in [9.17, 15) is 9.59 Å². The van der Waals surface area contributed by atoms with E-state index < -0.39 is 0 Å².